The molecule has 0 aromatic rings. The van der Waals surface area contributed by atoms with E-state index >= 15 is 0 Å². The summed E-state index contributed by atoms with van der Waals surface area (Å²) < 4.78 is 10.4. The van der Waals surface area contributed by atoms with Crippen LogP contribution in [0.3, 0.4) is 0 Å². The van der Waals surface area contributed by atoms with Crippen LogP contribution in [0, 0.1) is 0 Å². The van der Waals surface area contributed by atoms with Crippen molar-refractivity contribution < 1.29 is 14.3 Å². The number of carbonyl (C=O) groups is 1. The third-order valence-electron chi connectivity index (χ3n) is 4.44. The Morgan fingerprint density at radius 3 is 2.50 bits per heavy atom. The molecule has 6 nitrogen and oxygen atoms in total. The molecule has 2 rings (SSSR count). The molecule has 0 atom stereocenters. The van der Waals surface area contributed by atoms with Crippen LogP contribution in [-0.2, 0) is 9.47 Å². The number of likely N-dealkylation sites (tertiary alicyclic amines) is 1. The first-order chi connectivity index (χ1) is 9.66. The molecule has 0 saturated carbocycles. The van der Waals surface area contributed by atoms with Crippen LogP contribution in [0.1, 0.15) is 19.8 Å². The topological polar surface area (TPSA) is 54.0 Å². The third kappa shape index (κ3) is 3.84. The van der Waals surface area contributed by atoms with Gasteiger partial charge in [-0.2, -0.15) is 0 Å². The molecule has 1 N–H and O–H groups in total. The monoisotopic (exact) mass is 285 g/mol. The highest BCUT2D eigenvalue weighted by molar-refractivity contribution is 5.67. The molecular formula is C14H27N3O3. The van der Waals surface area contributed by atoms with Gasteiger partial charge in [-0.25, -0.2) is 4.79 Å². The van der Waals surface area contributed by atoms with Crippen molar-refractivity contribution in [1.82, 2.24) is 15.1 Å². The van der Waals surface area contributed by atoms with Crippen LogP contribution in [0.2, 0.25) is 0 Å². The number of carbonyl (C=O) groups excluding carboxylic acids is 1. The van der Waals surface area contributed by atoms with E-state index in [4.69, 9.17) is 9.47 Å². The van der Waals surface area contributed by atoms with Crippen LogP contribution in [-0.4, -0.2) is 81.0 Å². The normalized spacial score (nSPS) is 24.3. The van der Waals surface area contributed by atoms with E-state index in [0.29, 0.717) is 13.2 Å². The highest BCUT2D eigenvalue weighted by Gasteiger charge is 2.40. The summed E-state index contributed by atoms with van der Waals surface area (Å²) >= 11 is 0. The van der Waals surface area contributed by atoms with Crippen molar-refractivity contribution in [2.45, 2.75) is 25.3 Å². The molecule has 2 heterocycles. The van der Waals surface area contributed by atoms with Crippen molar-refractivity contribution in [3.05, 3.63) is 0 Å². The van der Waals surface area contributed by atoms with Gasteiger partial charge in [0.2, 0.25) is 0 Å². The van der Waals surface area contributed by atoms with E-state index < -0.39 is 0 Å². The summed E-state index contributed by atoms with van der Waals surface area (Å²) in [6.07, 6.45) is 1.85. The summed E-state index contributed by atoms with van der Waals surface area (Å²) in [4.78, 5) is 16.4. The first-order valence-electron chi connectivity index (χ1n) is 7.58. The Hall–Kier alpha value is -0.850. The van der Waals surface area contributed by atoms with Crippen molar-refractivity contribution in [2.75, 3.05) is 59.6 Å². The van der Waals surface area contributed by atoms with Crippen LogP contribution in [0.4, 0.5) is 4.79 Å². The molecule has 0 aromatic carbocycles. The van der Waals surface area contributed by atoms with Gasteiger partial charge in [-0.05, 0) is 39.9 Å². The van der Waals surface area contributed by atoms with Gasteiger partial charge in [-0.3, -0.25) is 4.90 Å². The average Bonchev–Trinajstić information content (AvgIpc) is 2.48. The van der Waals surface area contributed by atoms with Gasteiger partial charge in [0.1, 0.15) is 0 Å². The predicted octanol–water partition coefficient (Wildman–Crippen LogP) is 0.529. The number of hydrogen-bond acceptors (Lipinski definition) is 5. The quantitative estimate of drug-likeness (QED) is 0.816. The number of rotatable bonds is 4. The average molecular weight is 285 g/mol. The fraction of sp³-hybridized carbons (Fsp3) is 0.929. The largest absolute Gasteiger partial charge is 0.450 e. The second kappa shape index (κ2) is 7.24. The molecule has 116 valence electrons. The minimum atomic E-state index is -0.306. The van der Waals surface area contributed by atoms with Crippen LogP contribution in [0.15, 0.2) is 0 Å². The van der Waals surface area contributed by atoms with Crippen molar-refractivity contribution >= 4 is 6.09 Å². The number of piperidine rings is 1. The van der Waals surface area contributed by atoms with Gasteiger partial charge >= 0.3 is 6.09 Å². The smallest absolute Gasteiger partial charge is 0.407 e. The first kappa shape index (κ1) is 15.5. The molecular weight excluding hydrogens is 258 g/mol. The van der Waals surface area contributed by atoms with Gasteiger partial charge in [0.25, 0.3) is 0 Å². The van der Waals surface area contributed by atoms with Crippen molar-refractivity contribution in [1.29, 1.82) is 0 Å². The Morgan fingerprint density at radius 2 is 1.90 bits per heavy atom. The number of alkyl carbamates (subject to hydrolysis) is 1. The van der Waals surface area contributed by atoms with E-state index in [1.165, 1.54) is 0 Å². The predicted molar refractivity (Wildman–Crippen MR) is 76.9 cm³/mol. The van der Waals surface area contributed by atoms with Crippen LogP contribution < -0.4 is 5.32 Å². The molecule has 2 aliphatic rings. The third-order valence-corrected chi connectivity index (χ3v) is 4.44. The molecule has 0 aliphatic carbocycles. The summed E-state index contributed by atoms with van der Waals surface area (Å²) in [6, 6.07) is 0. The lowest BCUT2D eigenvalue weighted by atomic mass is 9.85. The fourth-order valence-electron chi connectivity index (χ4n) is 3.10. The molecule has 2 fully saturated rings. The van der Waals surface area contributed by atoms with Crippen LogP contribution >= 0.6 is 0 Å². The number of ether oxygens (including phenoxy) is 2. The Balaban J connectivity index is 1.97. The fourth-order valence-corrected chi connectivity index (χ4v) is 3.10. The SMILES string of the molecule is CCOC(=O)NCC1(N2CCOCC2)CCN(C)CC1. The number of hydrogen-bond donors (Lipinski definition) is 1. The lowest BCUT2D eigenvalue weighted by molar-refractivity contribution is -0.0443. The second-order valence-electron chi connectivity index (χ2n) is 5.70. The molecule has 2 saturated heterocycles. The molecule has 0 bridgehead atoms. The van der Waals surface area contributed by atoms with Gasteiger partial charge in [0, 0.05) is 25.2 Å². The summed E-state index contributed by atoms with van der Waals surface area (Å²) in [5.74, 6) is 0. The zero-order chi connectivity index (χ0) is 14.4. The highest BCUT2D eigenvalue weighted by Crippen LogP contribution is 2.29. The van der Waals surface area contributed by atoms with E-state index in [1.807, 2.05) is 6.92 Å². The van der Waals surface area contributed by atoms with E-state index in [0.717, 1.165) is 52.2 Å². The number of amides is 1. The van der Waals surface area contributed by atoms with Crippen LogP contribution in [0.25, 0.3) is 0 Å². The summed E-state index contributed by atoms with van der Waals surface area (Å²) in [5, 5.41) is 2.94. The molecule has 2 aliphatic heterocycles. The summed E-state index contributed by atoms with van der Waals surface area (Å²) in [6.45, 7) is 8.53. The molecule has 0 aromatic heterocycles. The van der Waals surface area contributed by atoms with E-state index in [1.54, 1.807) is 0 Å². The van der Waals surface area contributed by atoms with Gasteiger partial charge in [0.15, 0.2) is 0 Å². The number of morpholine rings is 1. The second-order valence-corrected chi connectivity index (χ2v) is 5.70. The van der Waals surface area contributed by atoms with Gasteiger partial charge in [-0.1, -0.05) is 0 Å². The highest BCUT2D eigenvalue weighted by atomic mass is 16.5. The molecule has 6 heteroatoms. The zero-order valence-electron chi connectivity index (χ0n) is 12.7. The zero-order valence-corrected chi connectivity index (χ0v) is 12.7. The van der Waals surface area contributed by atoms with E-state index in [9.17, 15) is 4.79 Å². The maximum absolute atomic E-state index is 11.6. The Kier molecular flexibility index (Phi) is 5.63. The lowest BCUT2D eigenvalue weighted by Crippen LogP contribution is -2.62. The van der Waals surface area contributed by atoms with Crippen LogP contribution in [0.5, 0.6) is 0 Å². The van der Waals surface area contributed by atoms with Gasteiger partial charge in [0.05, 0.1) is 19.8 Å². The number of nitrogens with one attached hydrogen (secondary N) is 1. The summed E-state index contributed by atoms with van der Waals surface area (Å²) in [7, 11) is 2.15. The standard InChI is InChI=1S/C14H27N3O3/c1-3-20-13(18)15-12-14(4-6-16(2)7-5-14)17-8-10-19-11-9-17/h3-12H2,1-2H3,(H,15,18). The van der Waals surface area contributed by atoms with E-state index in [2.05, 4.69) is 22.2 Å². The van der Waals surface area contributed by atoms with Gasteiger partial charge < -0.3 is 19.7 Å². The summed E-state index contributed by atoms with van der Waals surface area (Å²) in [5.41, 5.74) is 0.0586. The number of nitrogens with zero attached hydrogens (tertiary/aromatic N) is 2. The Labute approximate surface area is 121 Å². The first-order valence-corrected chi connectivity index (χ1v) is 7.58. The Morgan fingerprint density at radius 1 is 1.25 bits per heavy atom. The molecule has 0 radical (unpaired) electrons. The molecule has 1 amide bonds. The minimum Gasteiger partial charge on any atom is -0.450 e. The van der Waals surface area contributed by atoms with Crippen molar-refractivity contribution in [3.8, 4) is 0 Å². The minimum absolute atomic E-state index is 0.0586. The van der Waals surface area contributed by atoms with Crippen molar-refractivity contribution in [3.63, 3.8) is 0 Å². The Bertz CT molecular complexity index is 311. The maximum atomic E-state index is 11.6. The molecule has 0 unspecified atom stereocenters. The van der Waals surface area contributed by atoms with Crippen molar-refractivity contribution in [2.24, 2.45) is 0 Å². The van der Waals surface area contributed by atoms with E-state index in [-0.39, 0.29) is 11.6 Å². The lowest BCUT2D eigenvalue weighted by Gasteiger charge is -2.49. The molecule has 20 heavy (non-hydrogen) atoms. The maximum Gasteiger partial charge on any atom is 0.407 e. The molecule has 0 spiro atoms. The van der Waals surface area contributed by atoms with Gasteiger partial charge in [-0.15, -0.1) is 0 Å².